The standard InChI is InChI=1S/C18H23NO/c1-12-9-14(7-8-16(12)18(3,4)5)15-10-13(2)17(20)19(6)11-15/h7-11H,1-6H3. The van der Waals surface area contributed by atoms with Crippen molar-refractivity contribution >= 4 is 0 Å². The molecule has 0 aliphatic heterocycles. The van der Waals surface area contributed by atoms with Gasteiger partial charge in [-0.1, -0.05) is 39.0 Å². The van der Waals surface area contributed by atoms with E-state index < -0.39 is 0 Å². The maximum absolute atomic E-state index is 11.8. The van der Waals surface area contributed by atoms with Crippen molar-refractivity contribution in [3.05, 3.63) is 57.5 Å². The van der Waals surface area contributed by atoms with Crippen molar-refractivity contribution < 1.29 is 0 Å². The summed E-state index contributed by atoms with van der Waals surface area (Å²) in [5.74, 6) is 0. The highest BCUT2D eigenvalue weighted by molar-refractivity contribution is 5.65. The van der Waals surface area contributed by atoms with Gasteiger partial charge in [-0.3, -0.25) is 4.79 Å². The number of aryl methyl sites for hydroxylation is 3. The van der Waals surface area contributed by atoms with Gasteiger partial charge in [0.15, 0.2) is 0 Å². The molecule has 0 fully saturated rings. The molecule has 1 heterocycles. The second-order valence-corrected chi connectivity index (χ2v) is 6.61. The molecule has 0 aliphatic carbocycles. The Morgan fingerprint density at radius 3 is 2.05 bits per heavy atom. The lowest BCUT2D eigenvalue weighted by atomic mass is 9.83. The average Bonchev–Trinajstić information content (AvgIpc) is 2.33. The summed E-state index contributed by atoms with van der Waals surface area (Å²) in [4.78, 5) is 11.8. The van der Waals surface area contributed by atoms with Crippen LogP contribution >= 0.6 is 0 Å². The van der Waals surface area contributed by atoms with Gasteiger partial charge in [-0.15, -0.1) is 0 Å². The summed E-state index contributed by atoms with van der Waals surface area (Å²) in [6, 6.07) is 8.52. The normalized spacial score (nSPS) is 11.7. The summed E-state index contributed by atoms with van der Waals surface area (Å²) in [5, 5.41) is 0. The number of hydrogen-bond acceptors (Lipinski definition) is 1. The molecule has 2 heteroatoms. The van der Waals surface area contributed by atoms with Gasteiger partial charge in [0.25, 0.3) is 5.56 Å². The van der Waals surface area contributed by atoms with E-state index in [0.29, 0.717) is 0 Å². The van der Waals surface area contributed by atoms with Crippen molar-refractivity contribution in [2.45, 2.75) is 40.0 Å². The summed E-state index contributed by atoms with van der Waals surface area (Å²) in [6.45, 7) is 10.7. The quantitative estimate of drug-likeness (QED) is 0.768. The van der Waals surface area contributed by atoms with Crippen LogP contribution in [0.2, 0.25) is 0 Å². The Balaban J connectivity index is 2.55. The summed E-state index contributed by atoms with van der Waals surface area (Å²) in [5.41, 5.74) is 5.91. The first-order chi connectivity index (χ1) is 9.20. The lowest BCUT2D eigenvalue weighted by Crippen LogP contribution is -2.18. The van der Waals surface area contributed by atoms with Crippen LogP contribution in [0.15, 0.2) is 35.3 Å². The predicted molar refractivity (Wildman–Crippen MR) is 85.3 cm³/mol. The molecular formula is C18H23NO. The molecule has 0 aliphatic rings. The van der Waals surface area contributed by atoms with Gasteiger partial charge in [0.2, 0.25) is 0 Å². The van der Waals surface area contributed by atoms with E-state index in [-0.39, 0.29) is 11.0 Å². The van der Waals surface area contributed by atoms with Crippen LogP contribution in [-0.4, -0.2) is 4.57 Å². The fourth-order valence-electron chi connectivity index (χ4n) is 2.72. The SMILES string of the molecule is Cc1cc(-c2cc(C)c(=O)n(C)c2)ccc1C(C)(C)C. The predicted octanol–water partition coefficient (Wildman–Crippen LogP) is 3.97. The van der Waals surface area contributed by atoms with Gasteiger partial charge in [0.05, 0.1) is 0 Å². The molecule has 1 aromatic heterocycles. The maximum Gasteiger partial charge on any atom is 0.253 e. The van der Waals surface area contributed by atoms with Crippen molar-refractivity contribution in [2.75, 3.05) is 0 Å². The van der Waals surface area contributed by atoms with Gasteiger partial charge in [-0.05, 0) is 47.6 Å². The number of nitrogens with zero attached hydrogens (tertiary/aromatic N) is 1. The van der Waals surface area contributed by atoms with E-state index >= 15 is 0 Å². The Labute approximate surface area is 121 Å². The van der Waals surface area contributed by atoms with Crippen LogP contribution in [0, 0.1) is 13.8 Å². The smallest absolute Gasteiger partial charge is 0.253 e. The van der Waals surface area contributed by atoms with E-state index in [1.807, 2.05) is 19.2 Å². The molecular weight excluding hydrogens is 246 g/mol. The molecule has 0 spiro atoms. The van der Waals surface area contributed by atoms with Crippen molar-refractivity contribution in [3.8, 4) is 11.1 Å². The maximum atomic E-state index is 11.8. The Morgan fingerprint density at radius 1 is 0.950 bits per heavy atom. The lowest BCUT2D eigenvalue weighted by Gasteiger charge is -2.22. The molecule has 0 bridgehead atoms. The molecule has 0 N–H and O–H groups in total. The molecule has 0 radical (unpaired) electrons. The molecule has 0 amide bonds. The van der Waals surface area contributed by atoms with E-state index in [4.69, 9.17) is 0 Å². The third-order valence-electron chi connectivity index (χ3n) is 3.73. The van der Waals surface area contributed by atoms with E-state index in [2.05, 4.69) is 45.9 Å². The van der Waals surface area contributed by atoms with Crippen LogP contribution in [0.1, 0.15) is 37.5 Å². The van der Waals surface area contributed by atoms with E-state index in [1.54, 1.807) is 11.6 Å². The highest BCUT2D eigenvalue weighted by Crippen LogP contribution is 2.29. The number of benzene rings is 1. The second kappa shape index (κ2) is 4.93. The summed E-state index contributed by atoms with van der Waals surface area (Å²) < 4.78 is 1.65. The average molecular weight is 269 g/mol. The zero-order chi connectivity index (χ0) is 15.1. The Morgan fingerprint density at radius 2 is 1.55 bits per heavy atom. The summed E-state index contributed by atoms with van der Waals surface area (Å²) >= 11 is 0. The van der Waals surface area contributed by atoms with Gasteiger partial charge in [0, 0.05) is 18.8 Å². The Bertz CT molecular complexity index is 676. The molecule has 20 heavy (non-hydrogen) atoms. The van der Waals surface area contributed by atoms with Crippen LogP contribution in [0.5, 0.6) is 0 Å². The third-order valence-corrected chi connectivity index (χ3v) is 3.73. The van der Waals surface area contributed by atoms with Crippen molar-refractivity contribution in [2.24, 2.45) is 7.05 Å². The first kappa shape index (κ1) is 14.6. The fourth-order valence-corrected chi connectivity index (χ4v) is 2.72. The van der Waals surface area contributed by atoms with E-state index in [1.165, 1.54) is 11.1 Å². The minimum Gasteiger partial charge on any atom is -0.318 e. The van der Waals surface area contributed by atoms with E-state index in [9.17, 15) is 4.79 Å². The first-order valence-electron chi connectivity index (χ1n) is 6.99. The summed E-state index contributed by atoms with van der Waals surface area (Å²) in [6.07, 6.45) is 1.90. The topological polar surface area (TPSA) is 22.0 Å². The number of pyridine rings is 1. The largest absolute Gasteiger partial charge is 0.318 e. The Hall–Kier alpha value is -1.83. The van der Waals surface area contributed by atoms with Gasteiger partial charge >= 0.3 is 0 Å². The molecule has 0 saturated heterocycles. The third kappa shape index (κ3) is 2.69. The second-order valence-electron chi connectivity index (χ2n) is 6.61. The van der Waals surface area contributed by atoms with E-state index in [0.717, 1.165) is 16.7 Å². The van der Waals surface area contributed by atoms with Crippen LogP contribution < -0.4 is 5.56 Å². The number of hydrogen-bond donors (Lipinski definition) is 0. The monoisotopic (exact) mass is 269 g/mol. The molecule has 106 valence electrons. The van der Waals surface area contributed by atoms with Gasteiger partial charge in [-0.2, -0.15) is 0 Å². The Kier molecular flexibility index (Phi) is 3.59. The minimum absolute atomic E-state index is 0.0665. The highest BCUT2D eigenvalue weighted by Gasteiger charge is 2.16. The molecule has 1 aromatic carbocycles. The molecule has 0 saturated carbocycles. The zero-order valence-corrected chi connectivity index (χ0v) is 13.2. The first-order valence-corrected chi connectivity index (χ1v) is 6.99. The van der Waals surface area contributed by atoms with Gasteiger partial charge in [-0.25, -0.2) is 0 Å². The molecule has 2 rings (SSSR count). The zero-order valence-electron chi connectivity index (χ0n) is 13.2. The highest BCUT2D eigenvalue weighted by atomic mass is 16.1. The van der Waals surface area contributed by atoms with Crippen molar-refractivity contribution in [1.29, 1.82) is 0 Å². The van der Waals surface area contributed by atoms with Crippen LogP contribution in [0.3, 0.4) is 0 Å². The number of rotatable bonds is 1. The van der Waals surface area contributed by atoms with Gasteiger partial charge in [0.1, 0.15) is 0 Å². The molecule has 2 nitrogen and oxygen atoms in total. The lowest BCUT2D eigenvalue weighted by molar-refractivity contribution is 0.586. The van der Waals surface area contributed by atoms with Crippen LogP contribution in [-0.2, 0) is 12.5 Å². The molecule has 0 atom stereocenters. The molecule has 2 aromatic rings. The van der Waals surface area contributed by atoms with Crippen molar-refractivity contribution in [1.82, 2.24) is 4.57 Å². The minimum atomic E-state index is 0.0665. The number of aromatic nitrogens is 1. The van der Waals surface area contributed by atoms with Crippen LogP contribution in [0.4, 0.5) is 0 Å². The van der Waals surface area contributed by atoms with Gasteiger partial charge < -0.3 is 4.57 Å². The molecule has 0 unspecified atom stereocenters. The summed E-state index contributed by atoms with van der Waals surface area (Å²) in [7, 11) is 1.80. The van der Waals surface area contributed by atoms with Crippen LogP contribution in [0.25, 0.3) is 11.1 Å². The fraction of sp³-hybridized carbons (Fsp3) is 0.389. The van der Waals surface area contributed by atoms with Crippen molar-refractivity contribution in [3.63, 3.8) is 0 Å².